The molecule has 0 aliphatic rings. The topological polar surface area (TPSA) is 114 Å². The summed E-state index contributed by atoms with van der Waals surface area (Å²) in [5.41, 5.74) is -0.667. The summed E-state index contributed by atoms with van der Waals surface area (Å²) in [6.45, 7) is 6.95. The second kappa shape index (κ2) is 5.69. The van der Waals surface area contributed by atoms with E-state index in [-0.39, 0.29) is 21.8 Å². The Morgan fingerprint density at radius 3 is 2.41 bits per heavy atom. The molecule has 120 valence electrons. The van der Waals surface area contributed by atoms with Crippen LogP contribution in [0.2, 0.25) is 0 Å². The van der Waals surface area contributed by atoms with Crippen LogP contribution in [0.1, 0.15) is 25.6 Å². The van der Waals surface area contributed by atoms with Gasteiger partial charge < -0.3 is 5.32 Å². The molecule has 0 aromatic carbocycles. The minimum Gasteiger partial charge on any atom is -0.304 e. The van der Waals surface area contributed by atoms with Crippen molar-refractivity contribution in [1.29, 1.82) is 0 Å². The molecule has 2 N–H and O–H groups in total. The lowest BCUT2D eigenvalue weighted by atomic mass is 9.96. The van der Waals surface area contributed by atoms with Gasteiger partial charge >= 0.3 is 0 Å². The van der Waals surface area contributed by atoms with Crippen molar-refractivity contribution < 1.29 is 17.8 Å². The van der Waals surface area contributed by atoms with E-state index < -0.39 is 15.4 Å². The number of sulfonamides is 1. The zero-order chi connectivity index (χ0) is 16.5. The van der Waals surface area contributed by atoms with E-state index in [1.807, 2.05) is 0 Å². The molecular formula is C12H16N4O4S2. The van der Waals surface area contributed by atoms with Crippen LogP contribution in [0.4, 0.5) is 11.6 Å². The molecule has 0 saturated carbocycles. The number of nitrogens with zero attached hydrogens (tertiary/aromatic N) is 2. The van der Waals surface area contributed by atoms with Gasteiger partial charge in [-0.3, -0.25) is 9.52 Å². The van der Waals surface area contributed by atoms with Gasteiger partial charge in [-0.05, 0) is 29.4 Å². The predicted octanol–water partition coefficient (Wildman–Crippen LogP) is 2.22. The Bertz CT molecular complexity index is 786. The lowest BCUT2D eigenvalue weighted by Crippen LogP contribution is -2.28. The van der Waals surface area contributed by atoms with Crippen molar-refractivity contribution in [3.05, 3.63) is 17.0 Å². The molecule has 0 aliphatic heterocycles. The second-order valence-electron chi connectivity index (χ2n) is 5.64. The fourth-order valence-corrected chi connectivity index (χ4v) is 3.65. The summed E-state index contributed by atoms with van der Waals surface area (Å²) in [6, 6.07) is 3.19. The monoisotopic (exact) mass is 344 g/mol. The largest absolute Gasteiger partial charge is 0.304 e. The quantitative estimate of drug-likeness (QED) is 0.879. The van der Waals surface area contributed by atoms with Crippen molar-refractivity contribution in [3.8, 4) is 0 Å². The molecule has 0 fully saturated rings. The molecule has 0 unspecified atom stereocenters. The first kappa shape index (κ1) is 16.4. The van der Waals surface area contributed by atoms with E-state index in [0.717, 1.165) is 16.2 Å². The number of hydrogen-bond acceptors (Lipinski definition) is 7. The first-order valence-electron chi connectivity index (χ1n) is 6.33. The lowest BCUT2D eigenvalue weighted by Gasteiger charge is -2.16. The highest BCUT2D eigenvalue weighted by molar-refractivity contribution is 7.94. The van der Waals surface area contributed by atoms with Crippen molar-refractivity contribution in [1.82, 2.24) is 10.3 Å². The lowest BCUT2D eigenvalue weighted by molar-refractivity contribution is -0.123. The van der Waals surface area contributed by atoms with Gasteiger partial charge in [0.2, 0.25) is 17.5 Å². The van der Waals surface area contributed by atoms with Crippen LogP contribution < -0.4 is 10.0 Å². The maximum atomic E-state index is 12.2. The Hall–Kier alpha value is -1.94. The molecule has 0 bridgehead atoms. The van der Waals surface area contributed by atoms with Crippen molar-refractivity contribution in [2.24, 2.45) is 5.41 Å². The van der Waals surface area contributed by atoms with E-state index >= 15 is 0 Å². The third-order valence-corrected chi connectivity index (χ3v) is 5.44. The summed E-state index contributed by atoms with van der Waals surface area (Å²) >= 11 is 1.12. The molecule has 8 nitrogen and oxygen atoms in total. The fourth-order valence-electron chi connectivity index (χ4n) is 1.37. The molecule has 2 heterocycles. The Labute approximate surface area is 131 Å². The van der Waals surface area contributed by atoms with Gasteiger partial charge in [0.1, 0.15) is 4.21 Å². The van der Waals surface area contributed by atoms with Crippen LogP contribution >= 0.6 is 11.3 Å². The molecule has 2 aromatic heterocycles. The normalized spacial score (nSPS) is 12.2. The van der Waals surface area contributed by atoms with E-state index in [1.165, 1.54) is 6.07 Å². The first-order chi connectivity index (χ1) is 10.1. The van der Waals surface area contributed by atoms with Gasteiger partial charge in [-0.2, -0.15) is 0 Å². The number of thiophene rings is 1. The highest BCUT2D eigenvalue weighted by Crippen LogP contribution is 2.26. The van der Waals surface area contributed by atoms with Gasteiger partial charge in [-0.1, -0.05) is 20.8 Å². The third-order valence-electron chi connectivity index (χ3n) is 2.61. The number of aromatic nitrogens is 2. The standard InChI is InChI=1S/C12H16N4O4S2/c1-7-5-6-8(21-7)22(18,19)16-10-9(14-20-15-10)13-11(17)12(2,3)4/h5-6H,1-4H3,(H,15,16)(H,13,14,17). The summed E-state index contributed by atoms with van der Waals surface area (Å²) in [4.78, 5) is 12.8. The summed E-state index contributed by atoms with van der Waals surface area (Å²) in [5.74, 6) is -0.573. The van der Waals surface area contributed by atoms with Gasteiger partial charge in [0.25, 0.3) is 10.0 Å². The third kappa shape index (κ3) is 3.63. The van der Waals surface area contributed by atoms with E-state index in [9.17, 15) is 13.2 Å². The highest BCUT2D eigenvalue weighted by atomic mass is 32.2. The average Bonchev–Trinajstić information content (AvgIpc) is 2.98. The molecule has 0 spiro atoms. The number of nitrogens with one attached hydrogen (secondary N) is 2. The molecule has 2 rings (SSSR count). The average molecular weight is 344 g/mol. The summed E-state index contributed by atoms with van der Waals surface area (Å²) in [6.07, 6.45) is 0. The number of carbonyl (C=O) groups is 1. The van der Waals surface area contributed by atoms with Gasteiger partial charge in [-0.15, -0.1) is 11.3 Å². The number of carbonyl (C=O) groups excluding carboxylic acids is 1. The molecule has 0 radical (unpaired) electrons. The molecule has 0 aliphatic carbocycles. The van der Waals surface area contributed by atoms with Crippen LogP contribution in [-0.2, 0) is 14.8 Å². The number of hydrogen-bond donors (Lipinski definition) is 2. The van der Waals surface area contributed by atoms with Gasteiger partial charge in [0.05, 0.1) is 0 Å². The smallest absolute Gasteiger partial charge is 0.272 e. The van der Waals surface area contributed by atoms with Crippen LogP contribution in [0.5, 0.6) is 0 Å². The molecule has 0 atom stereocenters. The number of rotatable bonds is 4. The molecule has 22 heavy (non-hydrogen) atoms. The Balaban J connectivity index is 2.22. The van der Waals surface area contributed by atoms with Crippen LogP contribution in [0.3, 0.4) is 0 Å². The minimum atomic E-state index is -3.80. The Morgan fingerprint density at radius 2 is 1.86 bits per heavy atom. The van der Waals surface area contributed by atoms with Crippen LogP contribution in [0.15, 0.2) is 21.0 Å². The zero-order valence-electron chi connectivity index (χ0n) is 12.5. The summed E-state index contributed by atoms with van der Waals surface area (Å²) in [7, 11) is -3.80. The van der Waals surface area contributed by atoms with Crippen LogP contribution in [-0.4, -0.2) is 24.6 Å². The summed E-state index contributed by atoms with van der Waals surface area (Å²) < 4.78 is 31.4. The van der Waals surface area contributed by atoms with Crippen molar-refractivity contribution >= 4 is 38.9 Å². The Morgan fingerprint density at radius 1 is 1.23 bits per heavy atom. The van der Waals surface area contributed by atoms with Crippen LogP contribution in [0.25, 0.3) is 0 Å². The maximum absolute atomic E-state index is 12.2. The van der Waals surface area contributed by atoms with Crippen molar-refractivity contribution in [2.75, 3.05) is 10.0 Å². The van der Waals surface area contributed by atoms with Gasteiger partial charge in [0, 0.05) is 10.3 Å². The predicted molar refractivity (Wildman–Crippen MR) is 82.2 cm³/mol. The molecule has 10 heteroatoms. The summed E-state index contributed by atoms with van der Waals surface area (Å²) in [5, 5.41) is 9.47. The molecule has 2 aromatic rings. The Kier molecular flexibility index (Phi) is 4.25. The molecule has 0 saturated heterocycles. The second-order valence-corrected chi connectivity index (χ2v) is 8.83. The fraction of sp³-hybridized carbons (Fsp3) is 0.417. The SMILES string of the molecule is Cc1ccc(S(=O)(=O)Nc2nonc2NC(=O)C(C)(C)C)s1. The van der Waals surface area contributed by atoms with E-state index in [1.54, 1.807) is 33.8 Å². The minimum absolute atomic E-state index is 0.0724. The van der Waals surface area contributed by atoms with E-state index in [0.29, 0.717) is 0 Å². The van der Waals surface area contributed by atoms with Gasteiger partial charge in [0.15, 0.2) is 0 Å². The number of amides is 1. The van der Waals surface area contributed by atoms with Gasteiger partial charge in [-0.25, -0.2) is 13.0 Å². The highest BCUT2D eigenvalue weighted by Gasteiger charge is 2.26. The van der Waals surface area contributed by atoms with E-state index in [4.69, 9.17) is 0 Å². The van der Waals surface area contributed by atoms with Crippen molar-refractivity contribution in [2.45, 2.75) is 31.9 Å². The molecule has 1 amide bonds. The maximum Gasteiger partial charge on any atom is 0.272 e. The number of aryl methyl sites for hydroxylation is 1. The van der Waals surface area contributed by atoms with Crippen LogP contribution in [0, 0.1) is 12.3 Å². The zero-order valence-corrected chi connectivity index (χ0v) is 14.1. The van der Waals surface area contributed by atoms with Crippen molar-refractivity contribution in [3.63, 3.8) is 0 Å². The first-order valence-corrected chi connectivity index (χ1v) is 8.63. The number of anilines is 2. The van der Waals surface area contributed by atoms with E-state index in [2.05, 4.69) is 25.0 Å². The molecular weight excluding hydrogens is 328 g/mol.